The Bertz CT molecular complexity index is 2880. The molecule has 0 fully saturated rings. The summed E-state index contributed by atoms with van der Waals surface area (Å²) in [5, 5.41) is 8.16. The molecule has 0 spiro atoms. The molecule has 2 heterocycles. The van der Waals surface area contributed by atoms with Crippen molar-refractivity contribution in [2.24, 2.45) is 14.1 Å². The van der Waals surface area contributed by atoms with E-state index in [2.05, 4.69) is 264 Å². The maximum absolute atomic E-state index is 2.75. The van der Waals surface area contributed by atoms with Gasteiger partial charge < -0.3 is 19.4 Å². The number of nitrogens with zero attached hydrogens (tertiary/aromatic N) is 3. The monoisotopic (exact) mass is 1170 g/mol. The summed E-state index contributed by atoms with van der Waals surface area (Å²) < 4.78 is 4.56. The van der Waals surface area contributed by atoms with E-state index in [1.807, 2.05) is 125 Å². The number of para-hydroxylation sites is 2. The number of nitrogens with one attached hydrogen (secondary N) is 1. The van der Waals surface area contributed by atoms with Crippen LogP contribution in [0.2, 0.25) is 0 Å². The number of rotatable bonds is 3. The first-order valence-electron chi connectivity index (χ1n) is 33.1. The molecule has 8 aromatic carbocycles. The Morgan fingerprint density at radius 1 is 0.337 bits per heavy atom. The molecule has 0 saturated carbocycles. The standard InChI is InChI=1S/2C15H15N.2C13H10.C4H11N.C3H8.C2H7N.8C2H6.CH4/c2*1-3-11-8-9-13-12-6-4-5-7-14(12)16(2)15(13)10-11;2*1-3-7-12-10(5-1)9-11-6-2-4-8-13(11)12;1-4-5(2)3;2*1-3-2;8*1-2;/h2*4-10H,3H2,1-2H3;2*1-8H,9H2;4H2,1-3H3;3H2,1-2H3;3H,1-2H3;8*1-2H3;1H4. The highest BCUT2D eigenvalue weighted by molar-refractivity contribution is 6.09. The molecule has 12 rings (SSSR count). The van der Waals surface area contributed by atoms with Crippen molar-refractivity contribution in [3.05, 3.63) is 215 Å². The zero-order chi connectivity index (χ0) is 65.3. The van der Waals surface area contributed by atoms with Crippen molar-refractivity contribution in [3.8, 4) is 22.3 Å². The zero-order valence-corrected chi connectivity index (χ0v) is 59.4. The third-order valence-electron chi connectivity index (χ3n) is 12.8. The highest BCUT2D eigenvalue weighted by atomic mass is 15.0. The number of aryl methyl sites for hydroxylation is 4. The first kappa shape index (κ1) is 85.7. The van der Waals surface area contributed by atoms with Crippen LogP contribution in [0.3, 0.4) is 0 Å². The summed E-state index contributed by atoms with van der Waals surface area (Å²) in [5.74, 6) is 0. The van der Waals surface area contributed by atoms with Crippen LogP contribution in [0.15, 0.2) is 182 Å². The van der Waals surface area contributed by atoms with Crippen LogP contribution in [0.5, 0.6) is 0 Å². The number of fused-ring (bicyclic) bond motifs is 12. The van der Waals surface area contributed by atoms with Crippen molar-refractivity contribution in [2.75, 3.05) is 34.7 Å². The molecular formula is C82H128N4. The topological polar surface area (TPSA) is 25.1 Å². The van der Waals surface area contributed by atoms with E-state index in [1.54, 1.807) is 0 Å². The van der Waals surface area contributed by atoms with Gasteiger partial charge in [-0.15, -0.1) is 0 Å². The van der Waals surface area contributed by atoms with Crippen molar-refractivity contribution < 1.29 is 0 Å². The van der Waals surface area contributed by atoms with Gasteiger partial charge in [0.1, 0.15) is 0 Å². The van der Waals surface area contributed by atoms with E-state index in [4.69, 9.17) is 0 Å². The minimum atomic E-state index is 0. The van der Waals surface area contributed by atoms with Crippen LogP contribution in [0.1, 0.15) is 193 Å². The SMILES string of the molecule is C.CC.CC.CC.CC.CC.CC.CC.CC.CCC.CCN(C)C.CCc1ccc2c3ccccc3n(C)c2c1.CCc1ccc2c3ccccc3n(C)c2c1.CNC.c1ccc2c(c1)Cc1ccccc1-2.c1ccc2c(c1)Cc1ccccc1-2. The molecule has 0 unspecified atom stereocenters. The van der Waals surface area contributed by atoms with Gasteiger partial charge in [-0.05, 0) is 140 Å². The lowest BCUT2D eigenvalue weighted by Gasteiger charge is -2.00. The molecule has 4 heteroatoms. The molecule has 1 N–H and O–H groups in total. The van der Waals surface area contributed by atoms with Crippen LogP contribution in [0, 0.1) is 0 Å². The molecule has 2 aliphatic carbocycles. The average Bonchev–Trinajstić information content (AvgIpc) is 3.87. The maximum atomic E-state index is 2.75. The predicted octanol–water partition coefficient (Wildman–Crippen LogP) is 25.0. The average molecular weight is 1170 g/mol. The van der Waals surface area contributed by atoms with Crippen molar-refractivity contribution >= 4 is 43.6 Å². The number of benzene rings is 8. The Balaban J connectivity index is -0.000000458. The first-order valence-corrected chi connectivity index (χ1v) is 33.1. The van der Waals surface area contributed by atoms with Gasteiger partial charge in [0, 0.05) is 57.7 Å². The molecule has 0 saturated heterocycles. The molecule has 10 aromatic rings. The highest BCUT2D eigenvalue weighted by Crippen LogP contribution is 2.37. The molecule has 0 bridgehead atoms. The molecular weight excluding hydrogens is 1040 g/mol. The fraction of sp³-hybridized carbons (Fsp3) is 0.415. The van der Waals surface area contributed by atoms with E-state index < -0.39 is 0 Å². The van der Waals surface area contributed by atoms with Gasteiger partial charge >= 0.3 is 0 Å². The second-order valence-corrected chi connectivity index (χ2v) is 18.1. The summed E-state index contributed by atoms with van der Waals surface area (Å²) in [4.78, 5) is 2.12. The molecule has 476 valence electrons. The summed E-state index contributed by atoms with van der Waals surface area (Å²) in [6.45, 7) is 43.9. The van der Waals surface area contributed by atoms with Gasteiger partial charge in [-0.25, -0.2) is 0 Å². The smallest absolute Gasteiger partial charge is 0.0491 e. The van der Waals surface area contributed by atoms with Gasteiger partial charge in [-0.1, -0.05) is 317 Å². The van der Waals surface area contributed by atoms with Crippen molar-refractivity contribution in [2.45, 2.75) is 185 Å². The lowest BCUT2D eigenvalue weighted by atomic mass is 10.1. The zero-order valence-electron chi connectivity index (χ0n) is 59.4. The van der Waals surface area contributed by atoms with Crippen LogP contribution < -0.4 is 5.32 Å². The van der Waals surface area contributed by atoms with Crippen LogP contribution in [0.4, 0.5) is 0 Å². The maximum Gasteiger partial charge on any atom is 0.0491 e. The normalized spacial score (nSPS) is 9.49. The van der Waals surface area contributed by atoms with E-state index in [0.717, 1.165) is 32.2 Å². The Morgan fingerprint density at radius 2 is 0.547 bits per heavy atom. The van der Waals surface area contributed by atoms with Crippen LogP contribution in [0.25, 0.3) is 65.9 Å². The lowest BCUT2D eigenvalue weighted by molar-refractivity contribution is 0.434. The Kier molecular flexibility index (Phi) is 53.6. The Hall–Kier alpha value is -6.72. The largest absolute Gasteiger partial charge is 0.344 e. The molecule has 4 nitrogen and oxygen atoms in total. The Morgan fingerprint density at radius 3 is 0.779 bits per heavy atom. The minimum absolute atomic E-state index is 0. The van der Waals surface area contributed by atoms with Crippen molar-refractivity contribution in [3.63, 3.8) is 0 Å². The molecule has 86 heavy (non-hydrogen) atoms. The predicted molar refractivity (Wildman–Crippen MR) is 402 cm³/mol. The third-order valence-corrected chi connectivity index (χ3v) is 12.8. The van der Waals surface area contributed by atoms with Gasteiger partial charge in [0.25, 0.3) is 0 Å². The number of hydrogen-bond acceptors (Lipinski definition) is 2. The van der Waals surface area contributed by atoms with Crippen LogP contribution in [-0.2, 0) is 39.8 Å². The van der Waals surface area contributed by atoms with Gasteiger partial charge in [0.15, 0.2) is 0 Å². The van der Waals surface area contributed by atoms with Crippen LogP contribution in [-0.4, -0.2) is 48.8 Å². The van der Waals surface area contributed by atoms with E-state index >= 15 is 0 Å². The quantitative estimate of drug-likeness (QED) is 0.191. The number of hydrogen-bond donors (Lipinski definition) is 1. The van der Waals surface area contributed by atoms with Crippen LogP contribution >= 0.6 is 0 Å². The second-order valence-electron chi connectivity index (χ2n) is 18.1. The molecule has 0 radical (unpaired) electrons. The summed E-state index contributed by atoms with van der Waals surface area (Å²) in [6, 6.07) is 65.3. The molecule has 2 aliphatic rings. The van der Waals surface area contributed by atoms with E-state index in [0.29, 0.717) is 0 Å². The molecule has 2 aromatic heterocycles. The first-order chi connectivity index (χ1) is 41.6. The van der Waals surface area contributed by atoms with Crippen molar-refractivity contribution in [1.29, 1.82) is 0 Å². The Labute approximate surface area is 531 Å². The minimum Gasteiger partial charge on any atom is -0.344 e. The summed E-state index contributed by atoms with van der Waals surface area (Å²) >= 11 is 0. The summed E-state index contributed by atoms with van der Waals surface area (Å²) in [6.07, 6.45) is 5.65. The number of aromatic nitrogens is 2. The lowest BCUT2D eigenvalue weighted by Crippen LogP contribution is -2.08. The third kappa shape index (κ3) is 26.1. The fourth-order valence-electron chi connectivity index (χ4n) is 9.01. The summed E-state index contributed by atoms with van der Waals surface area (Å²) in [5.41, 5.74) is 19.6. The van der Waals surface area contributed by atoms with Gasteiger partial charge in [-0.2, -0.15) is 0 Å². The van der Waals surface area contributed by atoms with Gasteiger partial charge in [0.2, 0.25) is 0 Å². The summed E-state index contributed by atoms with van der Waals surface area (Å²) in [7, 11) is 12.1. The highest BCUT2D eigenvalue weighted by Gasteiger charge is 2.17. The molecule has 0 amide bonds. The fourth-order valence-corrected chi connectivity index (χ4v) is 9.01. The van der Waals surface area contributed by atoms with Crippen molar-refractivity contribution in [1.82, 2.24) is 19.4 Å². The van der Waals surface area contributed by atoms with E-state index in [1.165, 1.54) is 106 Å². The van der Waals surface area contributed by atoms with E-state index in [9.17, 15) is 0 Å². The second kappa shape index (κ2) is 53.7. The van der Waals surface area contributed by atoms with Gasteiger partial charge in [0.05, 0.1) is 0 Å². The van der Waals surface area contributed by atoms with E-state index in [-0.39, 0.29) is 7.43 Å². The van der Waals surface area contributed by atoms with Gasteiger partial charge in [-0.3, -0.25) is 0 Å². The molecule has 0 atom stereocenters. The molecule has 0 aliphatic heterocycles.